The van der Waals surface area contributed by atoms with E-state index in [1.807, 2.05) is 24.3 Å². The van der Waals surface area contributed by atoms with Crippen molar-refractivity contribution in [2.24, 2.45) is 11.8 Å². The van der Waals surface area contributed by atoms with Gasteiger partial charge in [0.1, 0.15) is 5.58 Å². The predicted molar refractivity (Wildman–Crippen MR) is 89.1 cm³/mol. The zero-order valence-corrected chi connectivity index (χ0v) is 13.7. The molecule has 2 N–H and O–H groups in total. The van der Waals surface area contributed by atoms with Crippen LogP contribution in [0.25, 0.3) is 11.0 Å². The fraction of sp³-hybridized carbons (Fsp3) is 0.500. The van der Waals surface area contributed by atoms with Gasteiger partial charge in [0, 0.05) is 25.1 Å². The quantitative estimate of drug-likeness (QED) is 0.889. The number of hydrogen-bond acceptors (Lipinski definition) is 3. The summed E-state index contributed by atoms with van der Waals surface area (Å²) in [5.41, 5.74) is 1.91. The molecule has 1 aliphatic rings. The highest BCUT2D eigenvalue weighted by molar-refractivity contribution is 5.78. The minimum atomic E-state index is -0.157. The minimum absolute atomic E-state index is 0.128. The summed E-state index contributed by atoms with van der Waals surface area (Å²) in [4.78, 5) is 12.0. The maximum Gasteiger partial charge on any atom is 0.315 e. The van der Waals surface area contributed by atoms with Gasteiger partial charge in [-0.25, -0.2) is 4.79 Å². The van der Waals surface area contributed by atoms with E-state index in [1.165, 1.54) is 0 Å². The number of nitrogens with one attached hydrogen (secondary N) is 2. The number of benzene rings is 1. The van der Waals surface area contributed by atoms with Gasteiger partial charge in [-0.2, -0.15) is 0 Å². The summed E-state index contributed by atoms with van der Waals surface area (Å²) in [5, 5.41) is 6.85. The molecule has 0 spiro atoms. The highest BCUT2D eigenvalue weighted by atomic mass is 16.5. The number of urea groups is 1. The van der Waals surface area contributed by atoms with Crippen molar-refractivity contribution in [3.05, 3.63) is 36.1 Å². The Bertz CT molecular complexity index is 665. The molecular formula is C18H24N2O3. The van der Waals surface area contributed by atoms with Gasteiger partial charge in [0.15, 0.2) is 0 Å². The summed E-state index contributed by atoms with van der Waals surface area (Å²) in [6, 6.07) is 7.66. The molecule has 2 amide bonds. The Morgan fingerprint density at radius 1 is 1.30 bits per heavy atom. The van der Waals surface area contributed by atoms with E-state index >= 15 is 0 Å². The molecule has 2 atom stereocenters. The maximum absolute atomic E-state index is 12.0. The summed E-state index contributed by atoms with van der Waals surface area (Å²) >= 11 is 0. The largest absolute Gasteiger partial charge is 0.464 e. The summed E-state index contributed by atoms with van der Waals surface area (Å²) in [7, 11) is 0. The van der Waals surface area contributed by atoms with Gasteiger partial charge in [0.25, 0.3) is 0 Å². The van der Waals surface area contributed by atoms with E-state index in [0.717, 1.165) is 29.6 Å². The molecule has 0 radical (unpaired) electrons. The lowest BCUT2D eigenvalue weighted by atomic mass is 9.89. The van der Waals surface area contributed by atoms with Crippen molar-refractivity contribution in [1.82, 2.24) is 10.6 Å². The van der Waals surface area contributed by atoms with Crippen LogP contribution < -0.4 is 10.6 Å². The Kier molecular flexibility index (Phi) is 4.86. The molecule has 0 bridgehead atoms. The standard InChI is InChI=1S/C18H24N2O3/c1-12(2)15-6-8-23-17(15)11-20-18(21)19-10-13-3-4-16-14(9-13)5-7-22-16/h3-5,7,9,12,15,17H,6,8,10-11H2,1-2H3,(H2,19,20,21)/t15-,17+/m0/s1. The van der Waals surface area contributed by atoms with Crippen LogP contribution in [0, 0.1) is 11.8 Å². The van der Waals surface area contributed by atoms with Gasteiger partial charge in [-0.3, -0.25) is 0 Å². The lowest BCUT2D eigenvalue weighted by Gasteiger charge is -2.22. The lowest BCUT2D eigenvalue weighted by Crippen LogP contribution is -2.41. The number of carbonyl (C=O) groups is 1. The maximum atomic E-state index is 12.0. The van der Waals surface area contributed by atoms with Gasteiger partial charge < -0.3 is 19.8 Å². The Balaban J connectivity index is 1.46. The summed E-state index contributed by atoms with van der Waals surface area (Å²) < 4.78 is 11.0. The fourth-order valence-electron chi connectivity index (χ4n) is 3.20. The van der Waals surface area contributed by atoms with E-state index in [9.17, 15) is 4.79 Å². The van der Waals surface area contributed by atoms with Crippen molar-refractivity contribution in [2.75, 3.05) is 13.2 Å². The zero-order chi connectivity index (χ0) is 16.2. The van der Waals surface area contributed by atoms with Crippen molar-refractivity contribution in [2.45, 2.75) is 32.9 Å². The number of rotatable bonds is 5. The first-order chi connectivity index (χ1) is 11.1. The molecule has 2 heterocycles. The van der Waals surface area contributed by atoms with E-state index in [4.69, 9.17) is 9.15 Å². The summed E-state index contributed by atoms with van der Waals surface area (Å²) in [5.74, 6) is 1.10. The number of fused-ring (bicyclic) bond motifs is 1. The highest BCUT2D eigenvalue weighted by Crippen LogP contribution is 2.27. The molecule has 5 heteroatoms. The second kappa shape index (κ2) is 7.04. The first-order valence-corrected chi connectivity index (χ1v) is 8.23. The number of ether oxygens (including phenoxy) is 1. The van der Waals surface area contributed by atoms with Crippen molar-refractivity contribution in [3.8, 4) is 0 Å². The first kappa shape index (κ1) is 15.9. The van der Waals surface area contributed by atoms with E-state index in [2.05, 4.69) is 24.5 Å². The predicted octanol–water partition coefficient (Wildman–Crippen LogP) is 3.29. The Hall–Kier alpha value is -2.01. The van der Waals surface area contributed by atoms with Crippen LogP contribution >= 0.6 is 0 Å². The number of amides is 2. The third-order valence-electron chi connectivity index (χ3n) is 4.55. The fourth-order valence-corrected chi connectivity index (χ4v) is 3.20. The van der Waals surface area contributed by atoms with Crippen LogP contribution in [0.15, 0.2) is 34.9 Å². The van der Waals surface area contributed by atoms with Gasteiger partial charge >= 0.3 is 6.03 Å². The Labute approximate surface area is 136 Å². The van der Waals surface area contributed by atoms with Gasteiger partial charge in [-0.1, -0.05) is 19.9 Å². The molecule has 0 saturated carbocycles. The van der Waals surface area contributed by atoms with Gasteiger partial charge in [-0.05, 0) is 42.0 Å². The molecule has 2 aromatic rings. The normalized spacial score (nSPS) is 21.0. The molecule has 1 aromatic carbocycles. The molecule has 1 fully saturated rings. The molecule has 5 nitrogen and oxygen atoms in total. The summed E-state index contributed by atoms with van der Waals surface area (Å²) in [6.07, 6.45) is 2.88. The topological polar surface area (TPSA) is 63.5 Å². The van der Waals surface area contributed by atoms with Crippen LogP contribution in [0.5, 0.6) is 0 Å². The van der Waals surface area contributed by atoms with Crippen molar-refractivity contribution < 1.29 is 13.9 Å². The van der Waals surface area contributed by atoms with E-state index < -0.39 is 0 Å². The van der Waals surface area contributed by atoms with Crippen LogP contribution in [-0.4, -0.2) is 25.3 Å². The molecule has 23 heavy (non-hydrogen) atoms. The number of hydrogen-bond donors (Lipinski definition) is 2. The molecular weight excluding hydrogens is 292 g/mol. The molecule has 124 valence electrons. The minimum Gasteiger partial charge on any atom is -0.464 e. The lowest BCUT2D eigenvalue weighted by molar-refractivity contribution is 0.0806. The SMILES string of the molecule is CC(C)[C@@H]1CCO[C@@H]1CNC(=O)NCc1ccc2occc2c1. The van der Waals surface area contributed by atoms with Crippen LogP contribution in [0.4, 0.5) is 4.79 Å². The smallest absolute Gasteiger partial charge is 0.315 e. The molecule has 0 aliphatic carbocycles. The molecule has 1 aromatic heterocycles. The molecule has 0 unspecified atom stereocenters. The van der Waals surface area contributed by atoms with Crippen molar-refractivity contribution in [1.29, 1.82) is 0 Å². The average Bonchev–Trinajstić information content (AvgIpc) is 3.18. The van der Waals surface area contributed by atoms with Crippen LogP contribution in [0.2, 0.25) is 0 Å². The second-order valence-electron chi connectivity index (χ2n) is 6.46. The number of furan rings is 1. The first-order valence-electron chi connectivity index (χ1n) is 8.23. The highest BCUT2D eigenvalue weighted by Gasteiger charge is 2.30. The van der Waals surface area contributed by atoms with Gasteiger partial charge in [-0.15, -0.1) is 0 Å². The second-order valence-corrected chi connectivity index (χ2v) is 6.46. The zero-order valence-electron chi connectivity index (χ0n) is 13.7. The third-order valence-corrected chi connectivity index (χ3v) is 4.55. The van der Waals surface area contributed by atoms with Crippen molar-refractivity contribution >= 4 is 17.0 Å². The van der Waals surface area contributed by atoms with E-state index in [1.54, 1.807) is 6.26 Å². The molecule has 1 aliphatic heterocycles. The average molecular weight is 316 g/mol. The monoisotopic (exact) mass is 316 g/mol. The van der Waals surface area contributed by atoms with Crippen molar-refractivity contribution in [3.63, 3.8) is 0 Å². The Morgan fingerprint density at radius 2 is 2.17 bits per heavy atom. The van der Waals surface area contributed by atoms with E-state index in [-0.39, 0.29) is 12.1 Å². The van der Waals surface area contributed by atoms with Gasteiger partial charge in [0.05, 0.1) is 12.4 Å². The summed E-state index contributed by atoms with van der Waals surface area (Å²) in [6.45, 7) is 6.26. The Morgan fingerprint density at radius 3 is 3.00 bits per heavy atom. The molecule has 3 rings (SSSR count). The van der Waals surface area contributed by atoms with E-state index in [0.29, 0.717) is 24.9 Å². The molecule has 1 saturated heterocycles. The van der Waals surface area contributed by atoms with Crippen LogP contribution in [0.1, 0.15) is 25.8 Å². The van der Waals surface area contributed by atoms with Gasteiger partial charge in [0.2, 0.25) is 0 Å². The van der Waals surface area contributed by atoms with Crippen LogP contribution in [-0.2, 0) is 11.3 Å². The van der Waals surface area contributed by atoms with Crippen LogP contribution in [0.3, 0.4) is 0 Å². The number of carbonyl (C=O) groups excluding carboxylic acids is 1. The third kappa shape index (κ3) is 3.85.